The van der Waals surface area contributed by atoms with E-state index in [4.69, 9.17) is 0 Å². The number of benzene rings is 2. The number of aliphatic hydroxyl groups is 1. The minimum Gasteiger partial charge on any atom is -0.394 e. The molecule has 1 saturated heterocycles. The minimum absolute atomic E-state index is 0.0107. The van der Waals surface area contributed by atoms with Gasteiger partial charge in [-0.25, -0.2) is 9.78 Å². The van der Waals surface area contributed by atoms with E-state index >= 15 is 0 Å². The molecule has 172 valence electrons. The number of hydrogen-bond donors (Lipinski definition) is 3. The first-order chi connectivity index (χ1) is 15.8. The summed E-state index contributed by atoms with van der Waals surface area (Å²) in [6.45, 7) is 0.744. The van der Waals surface area contributed by atoms with Gasteiger partial charge in [0.05, 0.1) is 18.2 Å². The number of alkyl halides is 3. The van der Waals surface area contributed by atoms with Gasteiger partial charge in [0, 0.05) is 18.4 Å². The van der Waals surface area contributed by atoms with Crippen LogP contribution in [0.2, 0.25) is 0 Å². The summed E-state index contributed by atoms with van der Waals surface area (Å²) in [6, 6.07) is 12.6. The lowest BCUT2D eigenvalue weighted by Gasteiger charge is -2.23. The van der Waals surface area contributed by atoms with E-state index in [0.717, 1.165) is 31.5 Å². The summed E-state index contributed by atoms with van der Waals surface area (Å²) < 4.78 is 38.3. The standard InChI is InChI=1S/C23H22F3N5O2/c24-23(25,26)17-8-6-15(7-9-17)16-3-1-4-18(13-16)28-22(33)30-20-10-11-27-21(29-20)31-12-2-5-19(31)14-32/h1,3-4,6-11,13,19,32H,2,5,12,14H2,(H2,27,28,29,30,33)/t19-/m0/s1. The summed E-state index contributed by atoms with van der Waals surface area (Å²) in [5, 5.41) is 14.9. The topological polar surface area (TPSA) is 90.4 Å². The third-order valence-corrected chi connectivity index (χ3v) is 5.40. The summed E-state index contributed by atoms with van der Waals surface area (Å²) >= 11 is 0. The van der Waals surface area contributed by atoms with Crippen molar-refractivity contribution < 1.29 is 23.1 Å². The molecule has 1 aromatic heterocycles. The van der Waals surface area contributed by atoms with Crippen LogP contribution in [-0.2, 0) is 6.18 Å². The highest BCUT2D eigenvalue weighted by molar-refractivity contribution is 5.99. The Labute approximate surface area is 188 Å². The Kier molecular flexibility index (Phi) is 6.45. The van der Waals surface area contributed by atoms with Crippen LogP contribution in [0.25, 0.3) is 11.1 Å². The molecule has 2 aromatic carbocycles. The third kappa shape index (κ3) is 5.40. The number of hydrogen-bond acceptors (Lipinski definition) is 5. The van der Waals surface area contributed by atoms with Crippen molar-refractivity contribution in [3.63, 3.8) is 0 Å². The number of nitrogens with one attached hydrogen (secondary N) is 2. The molecule has 33 heavy (non-hydrogen) atoms. The number of rotatable bonds is 5. The Morgan fingerprint density at radius 3 is 2.61 bits per heavy atom. The Morgan fingerprint density at radius 1 is 1.09 bits per heavy atom. The monoisotopic (exact) mass is 457 g/mol. The largest absolute Gasteiger partial charge is 0.416 e. The molecule has 2 heterocycles. The molecule has 1 aliphatic rings. The fourth-order valence-electron chi connectivity index (χ4n) is 3.75. The van der Waals surface area contributed by atoms with Crippen LogP contribution in [0, 0.1) is 0 Å². The Hall–Kier alpha value is -3.66. The van der Waals surface area contributed by atoms with Gasteiger partial charge in [0.2, 0.25) is 5.95 Å². The quantitative estimate of drug-likeness (QED) is 0.514. The van der Waals surface area contributed by atoms with E-state index < -0.39 is 17.8 Å². The van der Waals surface area contributed by atoms with Crippen LogP contribution in [-0.4, -0.2) is 40.3 Å². The van der Waals surface area contributed by atoms with E-state index in [1.54, 1.807) is 30.3 Å². The number of amides is 2. The molecular formula is C23H22F3N5O2. The molecule has 1 atom stereocenters. The molecular weight excluding hydrogens is 435 g/mol. The van der Waals surface area contributed by atoms with E-state index in [9.17, 15) is 23.1 Å². The normalized spacial score (nSPS) is 16.0. The molecule has 0 aliphatic carbocycles. The van der Waals surface area contributed by atoms with E-state index in [1.165, 1.54) is 18.3 Å². The van der Waals surface area contributed by atoms with Crippen LogP contribution in [0.1, 0.15) is 18.4 Å². The Bertz CT molecular complexity index is 1120. The highest BCUT2D eigenvalue weighted by Gasteiger charge is 2.30. The molecule has 10 heteroatoms. The zero-order valence-corrected chi connectivity index (χ0v) is 17.5. The van der Waals surface area contributed by atoms with Gasteiger partial charge in [0.25, 0.3) is 0 Å². The number of anilines is 3. The van der Waals surface area contributed by atoms with Gasteiger partial charge in [-0.3, -0.25) is 5.32 Å². The van der Waals surface area contributed by atoms with Gasteiger partial charge in [-0.2, -0.15) is 18.2 Å². The second-order valence-electron chi connectivity index (χ2n) is 7.65. The average Bonchev–Trinajstić information content (AvgIpc) is 3.28. The van der Waals surface area contributed by atoms with Crippen molar-refractivity contribution in [1.29, 1.82) is 0 Å². The van der Waals surface area contributed by atoms with E-state index in [0.29, 0.717) is 28.6 Å². The number of carbonyl (C=O) groups excluding carboxylic acids is 1. The molecule has 0 bridgehead atoms. The molecule has 1 fully saturated rings. The van der Waals surface area contributed by atoms with Gasteiger partial charge in [0.15, 0.2) is 0 Å². The van der Waals surface area contributed by atoms with Crippen molar-refractivity contribution in [3.05, 3.63) is 66.4 Å². The maximum absolute atomic E-state index is 12.8. The molecule has 0 saturated carbocycles. The first-order valence-electron chi connectivity index (χ1n) is 10.4. The number of carbonyl (C=O) groups is 1. The van der Waals surface area contributed by atoms with Crippen LogP contribution < -0.4 is 15.5 Å². The van der Waals surface area contributed by atoms with E-state index in [-0.39, 0.29) is 12.6 Å². The molecule has 3 aromatic rings. The lowest BCUT2D eigenvalue weighted by Crippen LogP contribution is -2.33. The lowest BCUT2D eigenvalue weighted by molar-refractivity contribution is -0.137. The SMILES string of the molecule is O=C(Nc1cccc(-c2ccc(C(F)(F)F)cc2)c1)Nc1ccnc(N2CCC[C@H]2CO)n1. The Balaban J connectivity index is 1.43. The fourth-order valence-corrected chi connectivity index (χ4v) is 3.75. The minimum atomic E-state index is -4.39. The van der Waals surface area contributed by atoms with Crippen molar-refractivity contribution in [2.24, 2.45) is 0 Å². The van der Waals surface area contributed by atoms with Crippen molar-refractivity contribution >= 4 is 23.5 Å². The highest BCUT2D eigenvalue weighted by Crippen LogP contribution is 2.31. The molecule has 0 radical (unpaired) electrons. The van der Waals surface area contributed by atoms with Crippen LogP contribution in [0.4, 0.5) is 35.4 Å². The number of urea groups is 1. The second kappa shape index (κ2) is 9.45. The van der Waals surface area contributed by atoms with Gasteiger partial charge in [-0.1, -0.05) is 24.3 Å². The predicted octanol–water partition coefficient (Wildman–Crippen LogP) is 4.77. The molecule has 3 N–H and O–H groups in total. The summed E-state index contributed by atoms with van der Waals surface area (Å²) in [5.74, 6) is 0.744. The van der Waals surface area contributed by atoms with Gasteiger partial charge in [0.1, 0.15) is 5.82 Å². The predicted molar refractivity (Wildman–Crippen MR) is 119 cm³/mol. The molecule has 4 rings (SSSR count). The smallest absolute Gasteiger partial charge is 0.394 e. The lowest BCUT2D eigenvalue weighted by atomic mass is 10.0. The zero-order chi connectivity index (χ0) is 23.4. The highest BCUT2D eigenvalue weighted by atomic mass is 19.4. The van der Waals surface area contributed by atoms with Crippen molar-refractivity contribution in [2.45, 2.75) is 25.1 Å². The maximum atomic E-state index is 12.8. The first-order valence-corrected chi connectivity index (χ1v) is 10.4. The van der Waals surface area contributed by atoms with Crippen molar-refractivity contribution in [3.8, 4) is 11.1 Å². The summed E-state index contributed by atoms with van der Waals surface area (Å²) in [6.07, 6.45) is -1.07. The number of nitrogens with zero attached hydrogens (tertiary/aromatic N) is 3. The molecule has 7 nitrogen and oxygen atoms in total. The maximum Gasteiger partial charge on any atom is 0.416 e. The average molecular weight is 457 g/mol. The number of aromatic nitrogens is 2. The Morgan fingerprint density at radius 2 is 1.88 bits per heavy atom. The van der Waals surface area contributed by atoms with E-state index in [2.05, 4.69) is 20.6 Å². The summed E-state index contributed by atoms with van der Waals surface area (Å²) in [7, 11) is 0. The van der Waals surface area contributed by atoms with Crippen LogP contribution in [0.5, 0.6) is 0 Å². The van der Waals surface area contributed by atoms with Crippen molar-refractivity contribution in [2.75, 3.05) is 28.7 Å². The number of halogens is 3. The van der Waals surface area contributed by atoms with Gasteiger partial charge in [-0.15, -0.1) is 0 Å². The van der Waals surface area contributed by atoms with Gasteiger partial charge < -0.3 is 15.3 Å². The molecule has 0 spiro atoms. The fraction of sp³-hybridized carbons (Fsp3) is 0.261. The van der Waals surface area contributed by atoms with Gasteiger partial charge in [-0.05, 0) is 54.3 Å². The second-order valence-corrected chi connectivity index (χ2v) is 7.65. The third-order valence-electron chi connectivity index (χ3n) is 5.40. The van der Waals surface area contributed by atoms with Crippen LogP contribution in [0.15, 0.2) is 60.8 Å². The molecule has 2 amide bonds. The molecule has 0 unspecified atom stereocenters. The number of aliphatic hydroxyl groups excluding tert-OH is 1. The first kappa shape index (κ1) is 22.5. The van der Waals surface area contributed by atoms with E-state index in [1.807, 2.05) is 4.90 Å². The zero-order valence-electron chi connectivity index (χ0n) is 17.5. The van der Waals surface area contributed by atoms with Crippen LogP contribution in [0.3, 0.4) is 0 Å². The summed E-state index contributed by atoms with van der Waals surface area (Å²) in [5.41, 5.74) is 1.01. The van der Waals surface area contributed by atoms with Crippen LogP contribution >= 0.6 is 0 Å². The summed E-state index contributed by atoms with van der Waals surface area (Å²) in [4.78, 5) is 23.0. The van der Waals surface area contributed by atoms with Crippen molar-refractivity contribution in [1.82, 2.24) is 9.97 Å². The molecule has 1 aliphatic heterocycles. The van der Waals surface area contributed by atoms with Gasteiger partial charge >= 0.3 is 12.2 Å².